The van der Waals surface area contributed by atoms with E-state index in [9.17, 15) is 38.7 Å². The Morgan fingerprint density at radius 2 is 1.00 bits per heavy atom. The Kier molecular flexibility index (Phi) is 19.5. The molecule has 5 rings (SSSR count). The van der Waals surface area contributed by atoms with E-state index in [0.29, 0.717) is 10.5 Å². The minimum absolute atomic E-state index is 0.0866. The first kappa shape index (κ1) is 52.8. The van der Waals surface area contributed by atoms with Gasteiger partial charge in [0.25, 0.3) is 0 Å². The summed E-state index contributed by atoms with van der Waals surface area (Å²) in [4.78, 5) is 87.3. The molecule has 1 N–H and O–H groups in total. The molecule has 15 atom stereocenters. The monoisotopic (exact) mass is 964 g/mol. The number of carbonyl (C=O) groups excluding carboxylic acids is 7. The zero-order valence-corrected chi connectivity index (χ0v) is 38.9. The van der Waals surface area contributed by atoms with E-state index in [0.717, 1.165) is 60.2 Å². The molecule has 2 aromatic rings. The smallest absolute Gasteiger partial charge is 0.303 e. The molecule has 0 amide bonds. The highest BCUT2D eigenvalue weighted by atomic mass is 32.2. The van der Waals surface area contributed by atoms with Gasteiger partial charge in [0.2, 0.25) is 0 Å². The number of rotatable bonds is 18. The Hall–Kier alpha value is -5.20. The van der Waals surface area contributed by atoms with Gasteiger partial charge in [0.1, 0.15) is 42.6 Å². The normalized spacial score (nSPS) is 31.6. The van der Waals surface area contributed by atoms with Crippen molar-refractivity contribution in [1.82, 2.24) is 0 Å². The van der Waals surface area contributed by atoms with E-state index in [-0.39, 0.29) is 6.61 Å². The summed E-state index contributed by atoms with van der Waals surface area (Å²) < 4.78 is 77.0. The average molecular weight is 965 g/mol. The van der Waals surface area contributed by atoms with E-state index in [4.69, 9.17) is 61.6 Å². The average Bonchev–Trinajstić information content (AvgIpc) is 3.24. The summed E-state index contributed by atoms with van der Waals surface area (Å²) in [6.07, 6.45) is -19.9. The van der Waals surface area contributed by atoms with Crippen LogP contribution in [0, 0.1) is 0 Å². The van der Waals surface area contributed by atoms with Crippen molar-refractivity contribution >= 4 is 53.5 Å². The van der Waals surface area contributed by atoms with Crippen molar-refractivity contribution in [2.24, 2.45) is 0 Å². The fourth-order valence-corrected chi connectivity index (χ4v) is 8.74. The quantitative estimate of drug-likeness (QED) is 0.166. The van der Waals surface area contributed by atoms with Crippen LogP contribution in [-0.4, -0.2) is 151 Å². The molecule has 0 spiro atoms. The maximum absolute atomic E-state index is 12.7. The van der Waals surface area contributed by atoms with Crippen LogP contribution in [-0.2, 0) is 102 Å². The summed E-state index contributed by atoms with van der Waals surface area (Å²) in [5.74, 6) is -5.59. The number of hydrogen-bond acceptors (Lipinski definition) is 22. The van der Waals surface area contributed by atoms with Gasteiger partial charge >= 0.3 is 41.8 Å². The van der Waals surface area contributed by atoms with Gasteiger partial charge in [-0.3, -0.25) is 33.6 Å². The van der Waals surface area contributed by atoms with Crippen molar-refractivity contribution in [3.63, 3.8) is 0 Å². The maximum Gasteiger partial charge on any atom is 0.303 e. The fraction of sp³-hybridized carbons (Fsp3) is 0.578. The molecule has 0 aliphatic carbocycles. The molecule has 0 bridgehead atoms. The van der Waals surface area contributed by atoms with Gasteiger partial charge in [0.15, 0.2) is 49.2 Å². The Morgan fingerprint density at radius 1 is 0.507 bits per heavy atom. The van der Waals surface area contributed by atoms with Crippen LogP contribution in [0.5, 0.6) is 0 Å². The third-order valence-corrected chi connectivity index (χ3v) is 11.4. The first-order valence-electron chi connectivity index (χ1n) is 21.3. The first-order chi connectivity index (χ1) is 31.8. The Labute approximate surface area is 390 Å². The minimum atomic E-state index is -1.71. The molecule has 22 heteroatoms. The van der Waals surface area contributed by atoms with Crippen LogP contribution < -0.4 is 0 Å². The van der Waals surface area contributed by atoms with Crippen LogP contribution in [0.4, 0.5) is 0 Å². The van der Waals surface area contributed by atoms with E-state index in [1.807, 2.05) is 0 Å². The zero-order chi connectivity index (χ0) is 48.9. The van der Waals surface area contributed by atoms with Gasteiger partial charge < -0.3 is 66.7 Å². The Balaban J connectivity index is 1.56. The third kappa shape index (κ3) is 15.1. The molecular weight excluding hydrogens is 909 g/mol. The number of ether oxygens (including phenoxy) is 13. The Bertz CT molecular complexity index is 2000. The molecule has 3 saturated heterocycles. The van der Waals surface area contributed by atoms with Crippen molar-refractivity contribution in [2.45, 2.75) is 158 Å². The minimum Gasteiger partial charge on any atom is -0.463 e. The topological polar surface area (TPSA) is 260 Å². The lowest BCUT2D eigenvalue weighted by Crippen LogP contribution is -2.66. The van der Waals surface area contributed by atoms with Crippen molar-refractivity contribution in [3.8, 4) is 0 Å². The van der Waals surface area contributed by atoms with Crippen molar-refractivity contribution < 1.29 is 100 Å². The second-order valence-corrected chi connectivity index (χ2v) is 16.8. The molecule has 3 aliphatic rings. The lowest BCUT2D eigenvalue weighted by Gasteiger charge is -2.49. The predicted molar refractivity (Wildman–Crippen MR) is 226 cm³/mol. The molecule has 2 aromatic carbocycles. The zero-order valence-electron chi connectivity index (χ0n) is 38.1. The van der Waals surface area contributed by atoms with Gasteiger partial charge in [0, 0.05) is 53.4 Å². The van der Waals surface area contributed by atoms with E-state index in [1.165, 1.54) is 6.92 Å². The standard InChI is InChI=1S/C45H56O21S/c1-22-35(58-24(3)47)38(60-26(5)49)40(62-28(7)51)43(57-22)56-20-32-34(53)37(55-19-30-15-11-9-12-16-30)42(45(65-32)67-31-17-13-10-14-18-31)66-44-41(63-29(8)52)39(61-27(6)50)36(59-25(4)48)33(64-44)21-54-23(2)46/h9-18,22,32-45,53H,19-21H2,1-8H3/t22-,32+,33+,34+,35-,36+,37-,38+,39-,40+,41+,42+,43+,44-,45-/m0/s1. The molecule has 3 fully saturated rings. The van der Waals surface area contributed by atoms with Gasteiger partial charge in [-0.25, -0.2) is 0 Å². The second kappa shape index (κ2) is 24.7. The first-order valence-corrected chi connectivity index (χ1v) is 22.1. The van der Waals surface area contributed by atoms with Crippen LogP contribution in [0.25, 0.3) is 0 Å². The van der Waals surface area contributed by atoms with Crippen molar-refractivity contribution in [3.05, 3.63) is 66.2 Å². The number of carbonyl (C=O) groups is 7. The maximum atomic E-state index is 12.7. The number of aliphatic hydroxyl groups is 1. The highest BCUT2D eigenvalue weighted by Crippen LogP contribution is 2.40. The van der Waals surface area contributed by atoms with Crippen LogP contribution in [0.2, 0.25) is 0 Å². The molecular formula is C45H56O21S. The molecule has 3 aliphatic heterocycles. The summed E-state index contributed by atoms with van der Waals surface area (Å²) in [5.41, 5.74) is -0.454. The highest BCUT2D eigenvalue weighted by molar-refractivity contribution is 7.99. The third-order valence-electron chi connectivity index (χ3n) is 10.2. The van der Waals surface area contributed by atoms with Gasteiger partial charge in [-0.15, -0.1) is 0 Å². The molecule has 0 unspecified atom stereocenters. The predicted octanol–water partition coefficient (Wildman–Crippen LogP) is 2.47. The van der Waals surface area contributed by atoms with Crippen molar-refractivity contribution in [2.75, 3.05) is 13.2 Å². The molecule has 368 valence electrons. The number of benzene rings is 2. The van der Waals surface area contributed by atoms with Crippen LogP contribution in [0.3, 0.4) is 0 Å². The molecule has 67 heavy (non-hydrogen) atoms. The second-order valence-electron chi connectivity index (χ2n) is 15.7. The number of esters is 7. The van der Waals surface area contributed by atoms with E-state index >= 15 is 0 Å². The van der Waals surface area contributed by atoms with E-state index in [1.54, 1.807) is 60.7 Å². The van der Waals surface area contributed by atoms with E-state index in [2.05, 4.69) is 0 Å². The van der Waals surface area contributed by atoms with Gasteiger partial charge in [-0.05, 0) is 24.6 Å². The van der Waals surface area contributed by atoms with Crippen LogP contribution in [0.1, 0.15) is 61.0 Å². The van der Waals surface area contributed by atoms with Crippen LogP contribution in [0.15, 0.2) is 65.6 Å². The van der Waals surface area contributed by atoms with Gasteiger partial charge in [0.05, 0.1) is 19.3 Å². The lowest BCUT2D eigenvalue weighted by molar-refractivity contribution is -0.344. The molecule has 3 heterocycles. The molecule has 0 saturated carbocycles. The number of hydrogen-bond donors (Lipinski definition) is 1. The molecule has 21 nitrogen and oxygen atoms in total. The SMILES string of the molecule is CC(=O)OC[C@H]1O[C@@H](O[C@@H]2[C@@H](OCc3ccccc3)[C@H](O)[C@@H](CO[C@@H]3O[C@@H](C)[C@H](OC(C)=O)[C@@H](OC(C)=O)[C@H]3OC(C)=O)O[C@H]2Sc2ccccc2)[C@H](OC(C)=O)[C@@H](OC(C)=O)[C@@H]1OC(C)=O. The van der Waals surface area contributed by atoms with Gasteiger partial charge in [-0.1, -0.05) is 60.3 Å². The Morgan fingerprint density at radius 3 is 1.55 bits per heavy atom. The summed E-state index contributed by atoms with van der Waals surface area (Å²) in [6, 6.07) is 17.9. The summed E-state index contributed by atoms with van der Waals surface area (Å²) in [7, 11) is 0. The summed E-state index contributed by atoms with van der Waals surface area (Å²) in [6.45, 7) is 8.21. The van der Waals surface area contributed by atoms with Crippen LogP contribution >= 0.6 is 11.8 Å². The number of aliphatic hydroxyl groups excluding tert-OH is 1. The van der Waals surface area contributed by atoms with Crippen molar-refractivity contribution in [1.29, 1.82) is 0 Å². The molecule has 0 aromatic heterocycles. The largest absolute Gasteiger partial charge is 0.463 e. The molecule has 0 radical (unpaired) electrons. The lowest BCUT2D eigenvalue weighted by atomic mass is 9.96. The fourth-order valence-electron chi connectivity index (χ4n) is 7.61. The van der Waals surface area contributed by atoms with Gasteiger partial charge in [-0.2, -0.15) is 0 Å². The summed E-state index contributed by atoms with van der Waals surface area (Å²) >= 11 is 1.14. The highest BCUT2D eigenvalue weighted by Gasteiger charge is 2.57. The number of thioether (sulfide) groups is 1. The summed E-state index contributed by atoms with van der Waals surface area (Å²) in [5, 5.41) is 12.3. The van der Waals surface area contributed by atoms with E-state index < -0.39 is 146 Å².